The van der Waals surface area contributed by atoms with Crippen LogP contribution in [0.25, 0.3) is 5.70 Å². The SMILES string of the molecule is C=C1c2cc(NC3CCN(C(C)=O)CC3)ccc2C2(CCCC2)CN1C[C@H](C=O)CN1CCc2ccccc2C1. The first-order chi connectivity index (χ1) is 19.4. The van der Waals surface area contributed by atoms with E-state index in [0.717, 1.165) is 76.5 Å². The highest BCUT2D eigenvalue weighted by molar-refractivity contribution is 5.74. The third kappa shape index (κ3) is 5.43. The van der Waals surface area contributed by atoms with Crippen LogP contribution >= 0.6 is 0 Å². The van der Waals surface area contributed by atoms with Crippen LogP contribution in [0.2, 0.25) is 0 Å². The van der Waals surface area contributed by atoms with Crippen LogP contribution in [0.3, 0.4) is 0 Å². The fourth-order valence-corrected chi connectivity index (χ4v) is 7.75. The summed E-state index contributed by atoms with van der Waals surface area (Å²) < 4.78 is 0. The third-order valence-electron chi connectivity index (χ3n) is 10.00. The molecule has 1 N–H and O–H groups in total. The second kappa shape index (κ2) is 11.4. The summed E-state index contributed by atoms with van der Waals surface area (Å²) in [5.41, 5.74) is 7.87. The average Bonchev–Trinajstić information content (AvgIpc) is 3.44. The number of likely N-dealkylation sites (tertiary alicyclic amines) is 1. The number of fused-ring (bicyclic) bond motifs is 3. The van der Waals surface area contributed by atoms with Crippen molar-refractivity contribution in [3.8, 4) is 0 Å². The molecule has 2 fully saturated rings. The van der Waals surface area contributed by atoms with E-state index < -0.39 is 0 Å². The van der Waals surface area contributed by atoms with Crippen LogP contribution in [0.5, 0.6) is 0 Å². The summed E-state index contributed by atoms with van der Waals surface area (Å²) in [6.07, 6.45) is 9.10. The minimum atomic E-state index is -0.0465. The highest BCUT2D eigenvalue weighted by Gasteiger charge is 2.43. The number of hydrogen-bond donors (Lipinski definition) is 1. The van der Waals surface area contributed by atoms with Gasteiger partial charge in [0, 0.05) is 87.1 Å². The van der Waals surface area contributed by atoms with Crippen molar-refractivity contribution in [1.29, 1.82) is 0 Å². The van der Waals surface area contributed by atoms with E-state index in [-0.39, 0.29) is 17.2 Å². The van der Waals surface area contributed by atoms with E-state index in [0.29, 0.717) is 6.04 Å². The van der Waals surface area contributed by atoms with Gasteiger partial charge in [-0.25, -0.2) is 0 Å². The van der Waals surface area contributed by atoms with Crippen molar-refractivity contribution in [2.75, 3.05) is 44.6 Å². The van der Waals surface area contributed by atoms with Gasteiger partial charge in [0.05, 0.1) is 0 Å². The van der Waals surface area contributed by atoms with Gasteiger partial charge in [0.15, 0.2) is 0 Å². The second-order valence-electron chi connectivity index (χ2n) is 12.6. The molecule has 0 bridgehead atoms. The van der Waals surface area contributed by atoms with E-state index in [4.69, 9.17) is 0 Å². The van der Waals surface area contributed by atoms with Crippen molar-refractivity contribution in [2.24, 2.45) is 5.92 Å². The van der Waals surface area contributed by atoms with Gasteiger partial charge in [-0.3, -0.25) is 9.69 Å². The summed E-state index contributed by atoms with van der Waals surface area (Å²) in [6, 6.07) is 16.0. The van der Waals surface area contributed by atoms with Crippen LogP contribution in [0.15, 0.2) is 49.0 Å². The maximum absolute atomic E-state index is 12.4. The Bertz CT molecular complexity index is 1260. The second-order valence-corrected chi connectivity index (χ2v) is 12.6. The maximum Gasteiger partial charge on any atom is 0.219 e. The number of hydrogen-bond acceptors (Lipinski definition) is 5. The van der Waals surface area contributed by atoms with Crippen LogP contribution < -0.4 is 5.32 Å². The van der Waals surface area contributed by atoms with Crippen LogP contribution in [0.1, 0.15) is 67.7 Å². The lowest BCUT2D eigenvalue weighted by Gasteiger charge is -2.45. The fourth-order valence-electron chi connectivity index (χ4n) is 7.75. The summed E-state index contributed by atoms with van der Waals surface area (Å²) in [4.78, 5) is 31.0. The summed E-state index contributed by atoms with van der Waals surface area (Å²) >= 11 is 0. The molecule has 4 aliphatic rings. The Morgan fingerprint density at radius 1 is 1.07 bits per heavy atom. The smallest absolute Gasteiger partial charge is 0.219 e. The molecule has 1 amide bonds. The number of carbonyl (C=O) groups excluding carboxylic acids is 2. The van der Waals surface area contributed by atoms with Gasteiger partial charge in [0.1, 0.15) is 6.29 Å². The number of nitrogens with one attached hydrogen (secondary N) is 1. The molecule has 212 valence electrons. The molecule has 1 spiro atoms. The number of benzene rings is 2. The first kappa shape index (κ1) is 27.1. The average molecular weight is 541 g/mol. The number of rotatable bonds is 7. The number of nitrogens with zero attached hydrogens (tertiary/aromatic N) is 3. The van der Waals surface area contributed by atoms with Crippen LogP contribution in [0, 0.1) is 5.92 Å². The zero-order chi connectivity index (χ0) is 27.7. The van der Waals surface area contributed by atoms with Crippen molar-refractivity contribution >= 4 is 23.6 Å². The predicted molar refractivity (Wildman–Crippen MR) is 161 cm³/mol. The summed E-state index contributed by atoms with van der Waals surface area (Å²) in [5, 5.41) is 3.76. The first-order valence-electron chi connectivity index (χ1n) is 15.3. The van der Waals surface area contributed by atoms with Gasteiger partial charge >= 0.3 is 0 Å². The van der Waals surface area contributed by atoms with Crippen molar-refractivity contribution in [3.05, 3.63) is 71.3 Å². The molecule has 1 atom stereocenters. The van der Waals surface area contributed by atoms with Gasteiger partial charge < -0.3 is 19.9 Å². The Hall–Kier alpha value is -3.12. The largest absolute Gasteiger partial charge is 0.382 e. The molecule has 1 aliphatic carbocycles. The lowest BCUT2D eigenvalue weighted by molar-refractivity contribution is -0.129. The van der Waals surface area contributed by atoms with Gasteiger partial charge in [0.25, 0.3) is 0 Å². The van der Waals surface area contributed by atoms with Gasteiger partial charge in [-0.2, -0.15) is 0 Å². The molecule has 0 unspecified atom stereocenters. The minimum Gasteiger partial charge on any atom is -0.382 e. The van der Waals surface area contributed by atoms with Gasteiger partial charge in [-0.05, 0) is 60.9 Å². The normalized spacial score (nSPS) is 21.7. The number of piperidine rings is 1. The Balaban J connectivity index is 1.17. The zero-order valence-corrected chi connectivity index (χ0v) is 24.0. The van der Waals surface area contributed by atoms with Crippen molar-refractivity contribution < 1.29 is 9.59 Å². The van der Waals surface area contributed by atoms with E-state index in [2.05, 4.69) is 64.2 Å². The number of anilines is 1. The summed E-state index contributed by atoms with van der Waals surface area (Å²) in [5.74, 6) is 0.124. The fraction of sp³-hybridized carbons (Fsp3) is 0.529. The number of aldehydes is 1. The standard InChI is InChI=1S/C34H44N4O2/c1-25-32-19-31(35-30-12-17-37(18-13-30)26(2)40)9-10-33(32)34(14-5-6-15-34)24-38(25)21-27(23-39)20-36-16-11-28-7-3-4-8-29(28)22-36/h3-4,7-10,19,23,27,30,35H,1,5-6,11-18,20-22,24H2,2H3/t27-/m1/s1. The maximum atomic E-state index is 12.4. The highest BCUT2D eigenvalue weighted by atomic mass is 16.2. The van der Waals surface area contributed by atoms with E-state index >= 15 is 0 Å². The zero-order valence-electron chi connectivity index (χ0n) is 24.0. The quantitative estimate of drug-likeness (QED) is 0.497. The summed E-state index contributed by atoms with van der Waals surface area (Å²) in [7, 11) is 0. The minimum absolute atomic E-state index is 0.0465. The number of carbonyl (C=O) groups is 2. The molecule has 6 heteroatoms. The lowest BCUT2D eigenvalue weighted by Crippen LogP contribution is -2.47. The highest BCUT2D eigenvalue weighted by Crippen LogP contribution is 2.49. The molecule has 40 heavy (non-hydrogen) atoms. The molecule has 2 aromatic rings. The van der Waals surface area contributed by atoms with Crippen molar-refractivity contribution in [3.63, 3.8) is 0 Å². The van der Waals surface area contributed by atoms with E-state index in [1.165, 1.54) is 54.2 Å². The van der Waals surface area contributed by atoms with E-state index in [1.54, 1.807) is 6.92 Å². The molecule has 3 aliphatic heterocycles. The monoisotopic (exact) mass is 540 g/mol. The van der Waals surface area contributed by atoms with Crippen LogP contribution in [-0.4, -0.2) is 72.2 Å². The molecule has 1 saturated heterocycles. The van der Waals surface area contributed by atoms with Gasteiger partial charge in [-0.1, -0.05) is 49.8 Å². The van der Waals surface area contributed by atoms with E-state index in [1.807, 2.05) is 4.90 Å². The Kier molecular flexibility index (Phi) is 7.71. The van der Waals surface area contributed by atoms with E-state index in [9.17, 15) is 9.59 Å². The topological polar surface area (TPSA) is 55.9 Å². The third-order valence-corrected chi connectivity index (χ3v) is 10.00. The lowest BCUT2D eigenvalue weighted by atomic mass is 9.72. The molecule has 2 aromatic carbocycles. The molecule has 6 rings (SSSR count). The molecule has 3 heterocycles. The van der Waals surface area contributed by atoms with Gasteiger partial charge in [0.2, 0.25) is 5.91 Å². The van der Waals surface area contributed by atoms with Gasteiger partial charge in [-0.15, -0.1) is 0 Å². The molecular formula is C34H44N4O2. The van der Waals surface area contributed by atoms with Crippen molar-refractivity contribution in [2.45, 2.75) is 69.9 Å². The molecule has 0 radical (unpaired) electrons. The number of amides is 1. The summed E-state index contributed by atoms with van der Waals surface area (Å²) in [6.45, 7) is 12.3. The van der Waals surface area contributed by atoms with Crippen molar-refractivity contribution in [1.82, 2.24) is 14.7 Å². The predicted octanol–water partition coefficient (Wildman–Crippen LogP) is 5.08. The Morgan fingerprint density at radius 3 is 2.55 bits per heavy atom. The molecule has 6 nitrogen and oxygen atoms in total. The van der Waals surface area contributed by atoms with Crippen LogP contribution in [-0.2, 0) is 28.0 Å². The molecule has 0 aromatic heterocycles. The first-order valence-corrected chi connectivity index (χ1v) is 15.3. The molecular weight excluding hydrogens is 496 g/mol. The molecule has 1 saturated carbocycles. The Morgan fingerprint density at radius 2 is 1.82 bits per heavy atom. The Labute approximate surface area is 239 Å². The van der Waals surface area contributed by atoms with Crippen LogP contribution in [0.4, 0.5) is 5.69 Å².